The SMILES string of the molecule is CCNC(CC)c1nc2c(ccc3cc(C)ccc32)[nH]1. The topological polar surface area (TPSA) is 40.7 Å². The molecule has 0 aliphatic heterocycles. The summed E-state index contributed by atoms with van der Waals surface area (Å²) < 4.78 is 0. The van der Waals surface area contributed by atoms with Gasteiger partial charge < -0.3 is 10.3 Å². The van der Waals surface area contributed by atoms with Gasteiger partial charge in [0.25, 0.3) is 0 Å². The maximum absolute atomic E-state index is 4.84. The predicted octanol–water partition coefficient (Wildman–Crippen LogP) is 4.09. The summed E-state index contributed by atoms with van der Waals surface area (Å²) in [5.74, 6) is 1.04. The molecule has 2 N–H and O–H groups in total. The number of aryl methyl sites for hydroxylation is 1. The van der Waals surface area contributed by atoms with Crippen molar-refractivity contribution in [2.24, 2.45) is 0 Å². The highest BCUT2D eigenvalue weighted by Gasteiger charge is 2.13. The number of aromatic amines is 1. The Hall–Kier alpha value is -1.87. The van der Waals surface area contributed by atoms with E-state index < -0.39 is 0 Å². The van der Waals surface area contributed by atoms with Crippen LogP contribution >= 0.6 is 0 Å². The van der Waals surface area contributed by atoms with Gasteiger partial charge in [0.2, 0.25) is 0 Å². The van der Waals surface area contributed by atoms with Gasteiger partial charge >= 0.3 is 0 Å². The Labute approximate surface area is 119 Å². The predicted molar refractivity (Wildman–Crippen MR) is 85.0 cm³/mol. The first-order chi connectivity index (χ1) is 9.72. The maximum Gasteiger partial charge on any atom is 0.124 e. The number of fused-ring (bicyclic) bond motifs is 3. The summed E-state index contributed by atoms with van der Waals surface area (Å²) in [4.78, 5) is 8.31. The molecule has 0 aliphatic carbocycles. The second-order valence-corrected chi connectivity index (χ2v) is 5.33. The van der Waals surface area contributed by atoms with Crippen LogP contribution in [0.15, 0.2) is 30.3 Å². The number of aromatic nitrogens is 2. The molecule has 0 spiro atoms. The Morgan fingerprint density at radius 2 is 2.05 bits per heavy atom. The third-order valence-corrected chi connectivity index (χ3v) is 3.83. The van der Waals surface area contributed by atoms with Crippen LogP contribution in [0.4, 0.5) is 0 Å². The van der Waals surface area contributed by atoms with Crippen molar-refractivity contribution in [1.82, 2.24) is 15.3 Å². The van der Waals surface area contributed by atoms with Crippen molar-refractivity contribution >= 4 is 21.8 Å². The fourth-order valence-corrected chi connectivity index (χ4v) is 2.79. The molecule has 0 saturated heterocycles. The minimum absolute atomic E-state index is 0.299. The molecule has 0 fully saturated rings. The lowest BCUT2D eigenvalue weighted by Gasteiger charge is -2.12. The highest BCUT2D eigenvalue weighted by atomic mass is 15.0. The second kappa shape index (κ2) is 5.25. The molecule has 0 bridgehead atoms. The van der Waals surface area contributed by atoms with Gasteiger partial charge in [-0.2, -0.15) is 0 Å². The second-order valence-electron chi connectivity index (χ2n) is 5.33. The van der Waals surface area contributed by atoms with Crippen LogP contribution in [0.25, 0.3) is 21.8 Å². The van der Waals surface area contributed by atoms with Crippen LogP contribution in [0, 0.1) is 6.92 Å². The minimum Gasteiger partial charge on any atom is -0.341 e. The number of H-pyrrole nitrogens is 1. The molecule has 1 atom stereocenters. The Bertz CT molecular complexity index is 742. The van der Waals surface area contributed by atoms with Crippen LogP contribution in [-0.2, 0) is 0 Å². The molecule has 0 aliphatic rings. The number of hydrogen-bond donors (Lipinski definition) is 2. The van der Waals surface area contributed by atoms with Gasteiger partial charge in [-0.25, -0.2) is 4.98 Å². The van der Waals surface area contributed by atoms with Crippen molar-refractivity contribution in [2.45, 2.75) is 33.2 Å². The smallest absolute Gasteiger partial charge is 0.124 e. The molecule has 20 heavy (non-hydrogen) atoms. The van der Waals surface area contributed by atoms with E-state index in [9.17, 15) is 0 Å². The molecule has 1 unspecified atom stereocenters. The summed E-state index contributed by atoms with van der Waals surface area (Å²) in [6.45, 7) is 7.39. The maximum atomic E-state index is 4.84. The normalized spacial score (nSPS) is 13.2. The first-order valence-electron chi connectivity index (χ1n) is 7.35. The molecular formula is C17H21N3. The summed E-state index contributed by atoms with van der Waals surface area (Å²) in [7, 11) is 0. The van der Waals surface area contributed by atoms with Gasteiger partial charge in [-0.3, -0.25) is 0 Å². The van der Waals surface area contributed by atoms with E-state index in [0.29, 0.717) is 6.04 Å². The lowest BCUT2D eigenvalue weighted by molar-refractivity contribution is 0.516. The van der Waals surface area contributed by atoms with Crippen LogP contribution in [0.1, 0.15) is 37.7 Å². The molecule has 0 amide bonds. The molecule has 3 aromatic rings. The largest absolute Gasteiger partial charge is 0.341 e. The molecule has 1 aromatic heterocycles. The van der Waals surface area contributed by atoms with Gasteiger partial charge in [-0.05, 0) is 31.3 Å². The summed E-state index contributed by atoms with van der Waals surface area (Å²) >= 11 is 0. The van der Waals surface area contributed by atoms with Crippen molar-refractivity contribution < 1.29 is 0 Å². The van der Waals surface area contributed by atoms with Crippen molar-refractivity contribution in [1.29, 1.82) is 0 Å². The Kier molecular flexibility index (Phi) is 3.45. The Balaban J connectivity index is 2.17. The highest BCUT2D eigenvalue weighted by Crippen LogP contribution is 2.26. The third kappa shape index (κ3) is 2.18. The van der Waals surface area contributed by atoms with E-state index in [4.69, 9.17) is 4.98 Å². The van der Waals surface area contributed by atoms with E-state index in [1.165, 1.54) is 16.3 Å². The molecule has 2 aromatic carbocycles. The van der Waals surface area contributed by atoms with Gasteiger partial charge in [0.15, 0.2) is 0 Å². The molecular weight excluding hydrogens is 246 g/mol. The Morgan fingerprint density at radius 1 is 1.20 bits per heavy atom. The quantitative estimate of drug-likeness (QED) is 0.747. The van der Waals surface area contributed by atoms with Gasteiger partial charge in [0, 0.05) is 5.39 Å². The first-order valence-corrected chi connectivity index (χ1v) is 7.35. The standard InChI is InChI=1S/C17H21N3/c1-4-14(18-5-2)17-19-15-9-7-12-10-11(3)6-8-13(12)16(15)20-17/h6-10,14,18H,4-5H2,1-3H3,(H,19,20). The number of nitrogens with zero attached hydrogens (tertiary/aromatic N) is 1. The van der Waals surface area contributed by atoms with Crippen LogP contribution in [-0.4, -0.2) is 16.5 Å². The highest BCUT2D eigenvalue weighted by molar-refractivity contribution is 6.04. The summed E-state index contributed by atoms with van der Waals surface area (Å²) in [6, 6.07) is 11.1. The van der Waals surface area contributed by atoms with E-state index in [0.717, 1.165) is 29.8 Å². The monoisotopic (exact) mass is 267 g/mol. The molecule has 104 valence electrons. The zero-order chi connectivity index (χ0) is 14.1. The zero-order valence-corrected chi connectivity index (χ0v) is 12.3. The van der Waals surface area contributed by atoms with E-state index in [1.54, 1.807) is 0 Å². The number of imidazole rings is 1. The molecule has 0 radical (unpaired) electrons. The number of nitrogens with one attached hydrogen (secondary N) is 2. The fraction of sp³-hybridized carbons (Fsp3) is 0.353. The van der Waals surface area contributed by atoms with Gasteiger partial charge in [-0.15, -0.1) is 0 Å². The molecule has 3 rings (SSSR count). The first kappa shape index (κ1) is 13.1. The average Bonchev–Trinajstić information content (AvgIpc) is 2.88. The van der Waals surface area contributed by atoms with Crippen LogP contribution in [0.2, 0.25) is 0 Å². The van der Waals surface area contributed by atoms with E-state index in [1.807, 2.05) is 0 Å². The molecule has 3 heteroatoms. The van der Waals surface area contributed by atoms with Crippen LogP contribution in [0.3, 0.4) is 0 Å². The summed E-state index contributed by atoms with van der Waals surface area (Å²) in [5, 5.41) is 5.95. The van der Waals surface area contributed by atoms with Crippen molar-refractivity contribution in [3.63, 3.8) is 0 Å². The number of rotatable bonds is 4. The van der Waals surface area contributed by atoms with Gasteiger partial charge in [0.05, 0.1) is 17.1 Å². The van der Waals surface area contributed by atoms with E-state index in [2.05, 4.69) is 61.4 Å². The molecule has 3 nitrogen and oxygen atoms in total. The Morgan fingerprint density at radius 3 is 2.80 bits per heavy atom. The lowest BCUT2D eigenvalue weighted by Crippen LogP contribution is -2.21. The lowest BCUT2D eigenvalue weighted by atomic mass is 10.1. The van der Waals surface area contributed by atoms with Crippen molar-refractivity contribution in [3.8, 4) is 0 Å². The zero-order valence-electron chi connectivity index (χ0n) is 12.3. The third-order valence-electron chi connectivity index (χ3n) is 3.83. The van der Waals surface area contributed by atoms with Crippen molar-refractivity contribution in [2.75, 3.05) is 6.54 Å². The van der Waals surface area contributed by atoms with E-state index in [-0.39, 0.29) is 0 Å². The van der Waals surface area contributed by atoms with Gasteiger partial charge in [-0.1, -0.05) is 43.7 Å². The fourth-order valence-electron chi connectivity index (χ4n) is 2.79. The minimum atomic E-state index is 0.299. The summed E-state index contributed by atoms with van der Waals surface area (Å²) in [6.07, 6.45) is 1.03. The molecule has 0 saturated carbocycles. The van der Waals surface area contributed by atoms with Crippen LogP contribution < -0.4 is 5.32 Å². The van der Waals surface area contributed by atoms with Gasteiger partial charge in [0.1, 0.15) is 5.82 Å². The molecule has 1 heterocycles. The van der Waals surface area contributed by atoms with Crippen LogP contribution in [0.5, 0.6) is 0 Å². The van der Waals surface area contributed by atoms with E-state index >= 15 is 0 Å². The summed E-state index contributed by atoms with van der Waals surface area (Å²) in [5.41, 5.74) is 3.48. The number of hydrogen-bond acceptors (Lipinski definition) is 2. The number of benzene rings is 2. The van der Waals surface area contributed by atoms with Crippen molar-refractivity contribution in [3.05, 3.63) is 41.7 Å². The average molecular weight is 267 g/mol.